The molecule has 0 bridgehead atoms. The van der Waals surface area contributed by atoms with E-state index in [-0.39, 0.29) is 19.3 Å². The Kier molecular flexibility index (Phi) is 20.4. The number of nitrogens with zero attached hydrogens (tertiary/aromatic N) is 1. The number of quaternary nitrogens is 1. The lowest BCUT2D eigenvalue weighted by Gasteiger charge is -2.27. The molecule has 1 rings (SSSR count). The summed E-state index contributed by atoms with van der Waals surface area (Å²) < 4.78 is 29.0. The summed E-state index contributed by atoms with van der Waals surface area (Å²) in [6.45, 7) is 3.72. The van der Waals surface area contributed by atoms with E-state index in [1.807, 2.05) is 39.3 Å². The van der Waals surface area contributed by atoms with Gasteiger partial charge in [-0.2, -0.15) is 0 Å². The van der Waals surface area contributed by atoms with E-state index >= 15 is 0 Å². The zero-order valence-electron chi connectivity index (χ0n) is 25.0. The van der Waals surface area contributed by atoms with Crippen LogP contribution < -0.4 is 4.89 Å². The van der Waals surface area contributed by atoms with Gasteiger partial charge < -0.3 is 23.2 Å². The number of ether oxygens (including phenoxy) is 1. The van der Waals surface area contributed by atoms with Gasteiger partial charge in [0.2, 0.25) is 0 Å². The Morgan fingerprint density at radius 2 is 1.24 bits per heavy atom. The lowest BCUT2D eigenvalue weighted by atomic mass is 10.0. The van der Waals surface area contributed by atoms with Crippen molar-refractivity contribution in [2.24, 2.45) is 0 Å². The van der Waals surface area contributed by atoms with Crippen LogP contribution in [-0.4, -0.2) is 51.5 Å². The van der Waals surface area contributed by atoms with Crippen LogP contribution in [0.1, 0.15) is 115 Å². The molecule has 0 spiro atoms. The van der Waals surface area contributed by atoms with E-state index in [9.17, 15) is 9.46 Å². The molecule has 2 unspecified atom stereocenters. The molecule has 0 saturated carbocycles. The molecule has 0 aliphatic carbocycles. The molecule has 1 aromatic rings. The average molecular weight is 556 g/mol. The van der Waals surface area contributed by atoms with Gasteiger partial charge in [-0.1, -0.05) is 121 Å². The third-order valence-electron chi connectivity index (χ3n) is 6.89. The molecule has 0 N–H and O–H groups in total. The van der Waals surface area contributed by atoms with Crippen LogP contribution in [0.4, 0.5) is 0 Å². The molecule has 1 aromatic carbocycles. The van der Waals surface area contributed by atoms with Crippen molar-refractivity contribution in [2.45, 2.75) is 122 Å². The van der Waals surface area contributed by atoms with Gasteiger partial charge in [-0.25, -0.2) is 0 Å². The summed E-state index contributed by atoms with van der Waals surface area (Å²) in [4.78, 5) is 12.0. The van der Waals surface area contributed by atoms with E-state index in [4.69, 9.17) is 13.8 Å². The molecule has 7 heteroatoms. The molecule has 0 amide bonds. The van der Waals surface area contributed by atoms with Crippen LogP contribution >= 0.6 is 7.82 Å². The minimum absolute atomic E-state index is 0.108. The molecule has 0 aliphatic heterocycles. The molecule has 0 fully saturated rings. The molecule has 38 heavy (non-hydrogen) atoms. The number of likely N-dealkylation sites (N-methyl/N-ethyl adjacent to an activating group) is 1. The van der Waals surface area contributed by atoms with Gasteiger partial charge in [0.25, 0.3) is 7.82 Å². The molecule has 0 radical (unpaired) electrons. The maximum absolute atomic E-state index is 12.0. The predicted molar refractivity (Wildman–Crippen MR) is 157 cm³/mol. The van der Waals surface area contributed by atoms with Crippen molar-refractivity contribution in [2.75, 3.05) is 40.9 Å². The lowest BCUT2D eigenvalue weighted by molar-refractivity contribution is -0.870. The summed E-state index contributed by atoms with van der Waals surface area (Å²) in [5, 5.41) is 0. The first kappa shape index (κ1) is 35.3. The average Bonchev–Trinajstić information content (AvgIpc) is 2.87. The van der Waals surface area contributed by atoms with Gasteiger partial charge in [-0.15, -0.1) is 0 Å². The maximum atomic E-state index is 12.0. The van der Waals surface area contributed by atoms with E-state index < -0.39 is 7.82 Å². The summed E-state index contributed by atoms with van der Waals surface area (Å²) >= 11 is 0. The second-order valence-corrected chi connectivity index (χ2v) is 13.1. The lowest BCUT2D eigenvalue weighted by Crippen LogP contribution is -2.37. The highest BCUT2D eigenvalue weighted by atomic mass is 31.2. The van der Waals surface area contributed by atoms with E-state index in [0.717, 1.165) is 24.8 Å². The zero-order chi connectivity index (χ0) is 28.0. The SMILES string of the molecule is CCCCCCCCCCCCCCCC(CCCOP(=O)([O-])OCC[N+](C)(C)C)OCc1ccccc1. The van der Waals surface area contributed by atoms with Crippen molar-refractivity contribution in [1.82, 2.24) is 0 Å². The third-order valence-corrected chi connectivity index (χ3v) is 7.89. The predicted octanol–water partition coefficient (Wildman–Crippen LogP) is 8.04. The highest BCUT2D eigenvalue weighted by Gasteiger charge is 2.15. The van der Waals surface area contributed by atoms with Crippen LogP contribution in [-0.2, 0) is 25.0 Å². The van der Waals surface area contributed by atoms with Gasteiger partial charge >= 0.3 is 0 Å². The second-order valence-electron chi connectivity index (χ2n) is 11.7. The molecule has 2 atom stereocenters. The molecule has 0 aliphatic rings. The third kappa shape index (κ3) is 22.1. The molecule has 0 heterocycles. The first-order valence-electron chi connectivity index (χ1n) is 15.3. The number of hydrogen-bond donors (Lipinski definition) is 0. The monoisotopic (exact) mass is 555 g/mol. The normalized spacial score (nSPS) is 14.4. The van der Waals surface area contributed by atoms with Crippen molar-refractivity contribution in [3.8, 4) is 0 Å². The van der Waals surface area contributed by atoms with Gasteiger partial charge in [0, 0.05) is 0 Å². The second kappa shape index (κ2) is 22.0. The molecule has 222 valence electrons. The highest BCUT2D eigenvalue weighted by molar-refractivity contribution is 7.45. The van der Waals surface area contributed by atoms with Crippen LogP contribution in [0, 0.1) is 0 Å². The van der Waals surface area contributed by atoms with Gasteiger partial charge in [0.1, 0.15) is 13.2 Å². The summed E-state index contributed by atoms with van der Waals surface area (Å²) in [6.07, 6.45) is 20.0. The summed E-state index contributed by atoms with van der Waals surface area (Å²) in [7, 11) is 1.72. The fourth-order valence-electron chi connectivity index (χ4n) is 4.44. The molecule has 0 aromatic heterocycles. The Labute approximate surface area is 234 Å². The molecular formula is C31H58NO5P. The Hall–Kier alpha value is -0.750. The van der Waals surface area contributed by atoms with Crippen LogP contribution in [0.25, 0.3) is 0 Å². The highest BCUT2D eigenvalue weighted by Crippen LogP contribution is 2.38. The number of rotatable bonds is 26. The van der Waals surface area contributed by atoms with Crippen LogP contribution in [0.15, 0.2) is 30.3 Å². The van der Waals surface area contributed by atoms with E-state index in [2.05, 4.69) is 19.1 Å². The van der Waals surface area contributed by atoms with E-state index in [0.29, 0.717) is 24.1 Å². The molecule has 6 nitrogen and oxygen atoms in total. The van der Waals surface area contributed by atoms with Crippen molar-refractivity contribution in [3.05, 3.63) is 35.9 Å². The zero-order valence-corrected chi connectivity index (χ0v) is 25.9. The molecule has 0 saturated heterocycles. The Balaban J connectivity index is 2.23. The van der Waals surface area contributed by atoms with Gasteiger partial charge in [-0.05, 0) is 24.8 Å². The summed E-state index contributed by atoms with van der Waals surface area (Å²) in [6, 6.07) is 10.2. The fourth-order valence-corrected chi connectivity index (χ4v) is 5.17. The Morgan fingerprint density at radius 1 is 0.737 bits per heavy atom. The maximum Gasteiger partial charge on any atom is 0.268 e. The summed E-state index contributed by atoms with van der Waals surface area (Å²) in [5.74, 6) is 0. The molecular weight excluding hydrogens is 497 g/mol. The van der Waals surface area contributed by atoms with Crippen LogP contribution in [0.2, 0.25) is 0 Å². The first-order chi connectivity index (χ1) is 18.2. The number of phosphoric acid groups is 1. The van der Waals surface area contributed by atoms with Crippen molar-refractivity contribution in [3.63, 3.8) is 0 Å². The van der Waals surface area contributed by atoms with E-state index in [1.54, 1.807) is 0 Å². The minimum Gasteiger partial charge on any atom is -0.756 e. The Bertz CT molecular complexity index is 710. The Morgan fingerprint density at radius 3 is 1.79 bits per heavy atom. The smallest absolute Gasteiger partial charge is 0.268 e. The topological polar surface area (TPSA) is 67.8 Å². The first-order valence-corrected chi connectivity index (χ1v) is 16.7. The van der Waals surface area contributed by atoms with Crippen LogP contribution in [0.5, 0.6) is 0 Å². The standard InChI is InChI=1S/C31H58NO5P/c1-5-6-7-8-9-10-11-12-13-14-15-16-20-24-31(35-29-30-22-18-17-19-23-30)25-21-27-36-38(33,34)37-28-26-32(2,3)4/h17-19,22-23,31H,5-16,20-21,24-29H2,1-4H3. The number of hydrogen-bond acceptors (Lipinski definition) is 5. The quantitative estimate of drug-likeness (QED) is 0.0657. The van der Waals surface area contributed by atoms with Crippen molar-refractivity contribution in [1.29, 1.82) is 0 Å². The summed E-state index contributed by atoms with van der Waals surface area (Å²) in [5.41, 5.74) is 1.16. The van der Waals surface area contributed by atoms with E-state index in [1.165, 1.54) is 77.0 Å². The van der Waals surface area contributed by atoms with Gasteiger partial charge in [-0.3, -0.25) is 4.57 Å². The van der Waals surface area contributed by atoms with Gasteiger partial charge in [0.15, 0.2) is 0 Å². The number of benzene rings is 1. The van der Waals surface area contributed by atoms with Gasteiger partial charge in [0.05, 0.1) is 40.5 Å². The largest absolute Gasteiger partial charge is 0.756 e. The van der Waals surface area contributed by atoms with Crippen molar-refractivity contribution >= 4 is 7.82 Å². The fraction of sp³-hybridized carbons (Fsp3) is 0.806. The minimum atomic E-state index is -4.25. The number of phosphoric ester groups is 1. The number of unbranched alkanes of at least 4 members (excludes halogenated alkanes) is 12. The van der Waals surface area contributed by atoms with Crippen molar-refractivity contribution < 1.29 is 27.7 Å². The van der Waals surface area contributed by atoms with Crippen LogP contribution in [0.3, 0.4) is 0 Å².